The summed E-state index contributed by atoms with van der Waals surface area (Å²) in [5.74, 6) is 0.687. The van der Waals surface area contributed by atoms with Crippen LogP contribution in [0.25, 0.3) is 0 Å². The number of imidazole rings is 1. The fourth-order valence-corrected chi connectivity index (χ4v) is 3.11. The quantitative estimate of drug-likeness (QED) is 0.709. The molecule has 0 saturated carbocycles. The van der Waals surface area contributed by atoms with Gasteiger partial charge in [0.05, 0.1) is 6.20 Å². The smallest absolute Gasteiger partial charge is 0.257 e. The van der Waals surface area contributed by atoms with Crippen LogP contribution in [0.15, 0.2) is 11.2 Å². The SMILES string of the molecule is CCc1ncc(S(=O)(=O)NC2CCCNC2)[nH]1. The predicted octanol–water partition coefficient (Wildman–Crippen LogP) is 0.00240. The van der Waals surface area contributed by atoms with Gasteiger partial charge in [-0.3, -0.25) is 0 Å². The van der Waals surface area contributed by atoms with Gasteiger partial charge in [0.2, 0.25) is 0 Å². The van der Waals surface area contributed by atoms with E-state index >= 15 is 0 Å². The number of hydrogen-bond donors (Lipinski definition) is 3. The van der Waals surface area contributed by atoms with Crippen molar-refractivity contribution in [3.05, 3.63) is 12.0 Å². The number of H-pyrrole nitrogens is 1. The number of sulfonamides is 1. The van der Waals surface area contributed by atoms with E-state index in [4.69, 9.17) is 0 Å². The lowest BCUT2D eigenvalue weighted by atomic mass is 10.1. The summed E-state index contributed by atoms with van der Waals surface area (Å²) in [6.45, 7) is 3.57. The largest absolute Gasteiger partial charge is 0.332 e. The van der Waals surface area contributed by atoms with Crippen molar-refractivity contribution >= 4 is 10.0 Å². The molecular weight excluding hydrogens is 240 g/mol. The van der Waals surface area contributed by atoms with Crippen molar-refractivity contribution in [1.82, 2.24) is 20.0 Å². The molecule has 1 aliphatic heterocycles. The van der Waals surface area contributed by atoms with E-state index < -0.39 is 10.0 Å². The third-order valence-corrected chi connectivity index (χ3v) is 4.28. The molecule has 96 valence electrons. The van der Waals surface area contributed by atoms with E-state index in [2.05, 4.69) is 20.0 Å². The van der Waals surface area contributed by atoms with Gasteiger partial charge >= 0.3 is 0 Å². The van der Waals surface area contributed by atoms with Crippen molar-refractivity contribution in [3.8, 4) is 0 Å². The number of nitrogens with zero attached hydrogens (tertiary/aromatic N) is 1. The molecule has 0 aromatic carbocycles. The van der Waals surface area contributed by atoms with Crippen LogP contribution in [0.2, 0.25) is 0 Å². The highest BCUT2D eigenvalue weighted by Gasteiger charge is 2.23. The summed E-state index contributed by atoms with van der Waals surface area (Å²) < 4.78 is 26.7. The summed E-state index contributed by atoms with van der Waals surface area (Å²) >= 11 is 0. The van der Waals surface area contributed by atoms with Gasteiger partial charge in [-0.15, -0.1) is 0 Å². The van der Waals surface area contributed by atoms with E-state index in [1.54, 1.807) is 0 Å². The number of rotatable bonds is 4. The van der Waals surface area contributed by atoms with Crippen LogP contribution in [0.3, 0.4) is 0 Å². The fraction of sp³-hybridized carbons (Fsp3) is 0.700. The predicted molar refractivity (Wildman–Crippen MR) is 64.2 cm³/mol. The van der Waals surface area contributed by atoms with Gasteiger partial charge in [0, 0.05) is 19.0 Å². The molecule has 1 saturated heterocycles. The molecule has 1 aromatic rings. The fourth-order valence-electron chi connectivity index (χ4n) is 1.89. The first-order chi connectivity index (χ1) is 8.12. The molecule has 2 heterocycles. The molecule has 1 aromatic heterocycles. The van der Waals surface area contributed by atoms with Crippen molar-refractivity contribution in [3.63, 3.8) is 0 Å². The molecule has 0 spiro atoms. The Kier molecular flexibility index (Phi) is 3.80. The monoisotopic (exact) mass is 258 g/mol. The van der Waals surface area contributed by atoms with Gasteiger partial charge in [0.25, 0.3) is 10.0 Å². The van der Waals surface area contributed by atoms with Gasteiger partial charge in [-0.2, -0.15) is 0 Å². The molecule has 6 nitrogen and oxygen atoms in total. The zero-order valence-corrected chi connectivity index (χ0v) is 10.7. The van der Waals surface area contributed by atoms with Crippen LogP contribution in [0.1, 0.15) is 25.6 Å². The molecule has 2 rings (SSSR count). The van der Waals surface area contributed by atoms with E-state index in [1.165, 1.54) is 6.20 Å². The highest BCUT2D eigenvalue weighted by molar-refractivity contribution is 7.89. The summed E-state index contributed by atoms with van der Waals surface area (Å²) in [6, 6.07) is -0.0258. The van der Waals surface area contributed by atoms with E-state index in [0.717, 1.165) is 19.4 Å². The van der Waals surface area contributed by atoms with Gasteiger partial charge in [-0.05, 0) is 19.4 Å². The maximum absolute atomic E-state index is 12.0. The molecule has 1 aliphatic rings. The Bertz CT molecular complexity index is 462. The number of hydrogen-bond acceptors (Lipinski definition) is 4. The number of piperidine rings is 1. The summed E-state index contributed by atoms with van der Waals surface area (Å²) in [7, 11) is -3.46. The number of nitrogens with one attached hydrogen (secondary N) is 3. The lowest BCUT2D eigenvalue weighted by Gasteiger charge is -2.23. The topological polar surface area (TPSA) is 86.9 Å². The molecule has 0 radical (unpaired) electrons. The second-order valence-electron chi connectivity index (χ2n) is 4.21. The zero-order valence-electron chi connectivity index (χ0n) is 9.86. The normalized spacial score (nSPS) is 21.6. The zero-order chi connectivity index (χ0) is 12.3. The van der Waals surface area contributed by atoms with Crippen molar-refractivity contribution < 1.29 is 8.42 Å². The van der Waals surface area contributed by atoms with Gasteiger partial charge in [-0.1, -0.05) is 6.92 Å². The van der Waals surface area contributed by atoms with Crippen molar-refractivity contribution in [1.29, 1.82) is 0 Å². The van der Waals surface area contributed by atoms with Crippen LogP contribution < -0.4 is 10.0 Å². The minimum absolute atomic E-state index is 0.0258. The van der Waals surface area contributed by atoms with Gasteiger partial charge in [0.15, 0.2) is 5.03 Å². The lowest BCUT2D eigenvalue weighted by molar-refractivity contribution is 0.428. The molecular formula is C10H18N4O2S. The van der Waals surface area contributed by atoms with Gasteiger partial charge in [-0.25, -0.2) is 18.1 Å². The standard InChI is InChI=1S/C10H18N4O2S/c1-2-9-12-7-10(13-9)17(15,16)14-8-4-3-5-11-6-8/h7-8,11,14H,2-6H2,1H3,(H,12,13). The Morgan fingerprint density at radius 3 is 3.00 bits per heavy atom. The summed E-state index contributed by atoms with van der Waals surface area (Å²) in [6.07, 6.45) is 3.94. The number of aromatic nitrogens is 2. The maximum atomic E-state index is 12.0. The Morgan fingerprint density at radius 2 is 2.41 bits per heavy atom. The number of aryl methyl sites for hydroxylation is 1. The minimum Gasteiger partial charge on any atom is -0.332 e. The van der Waals surface area contributed by atoms with Crippen LogP contribution in [-0.2, 0) is 16.4 Å². The van der Waals surface area contributed by atoms with Crippen LogP contribution in [0.5, 0.6) is 0 Å². The highest BCUT2D eigenvalue weighted by Crippen LogP contribution is 2.09. The Balaban J connectivity index is 2.07. The maximum Gasteiger partial charge on any atom is 0.257 e. The highest BCUT2D eigenvalue weighted by atomic mass is 32.2. The van der Waals surface area contributed by atoms with Crippen LogP contribution in [-0.4, -0.2) is 37.5 Å². The third kappa shape index (κ3) is 3.05. The minimum atomic E-state index is -3.46. The summed E-state index contributed by atoms with van der Waals surface area (Å²) in [5.41, 5.74) is 0. The van der Waals surface area contributed by atoms with E-state index in [9.17, 15) is 8.42 Å². The average molecular weight is 258 g/mol. The molecule has 1 atom stereocenters. The molecule has 3 N–H and O–H groups in total. The van der Waals surface area contributed by atoms with E-state index in [-0.39, 0.29) is 11.1 Å². The van der Waals surface area contributed by atoms with Crippen molar-refractivity contribution in [2.45, 2.75) is 37.3 Å². The molecule has 7 heteroatoms. The second kappa shape index (κ2) is 5.16. The first-order valence-electron chi connectivity index (χ1n) is 5.89. The number of aromatic amines is 1. The van der Waals surface area contributed by atoms with Crippen molar-refractivity contribution in [2.24, 2.45) is 0 Å². The van der Waals surface area contributed by atoms with E-state index in [0.29, 0.717) is 18.8 Å². The third-order valence-electron chi connectivity index (χ3n) is 2.85. The molecule has 0 aliphatic carbocycles. The summed E-state index contributed by atoms with van der Waals surface area (Å²) in [5, 5.41) is 3.33. The molecule has 1 unspecified atom stereocenters. The molecule has 0 amide bonds. The van der Waals surface area contributed by atoms with E-state index in [1.807, 2.05) is 6.92 Å². The Labute approximate surface area is 101 Å². The first kappa shape index (κ1) is 12.5. The average Bonchev–Trinajstić information content (AvgIpc) is 2.79. The second-order valence-corrected chi connectivity index (χ2v) is 5.89. The van der Waals surface area contributed by atoms with Gasteiger partial charge in [0.1, 0.15) is 5.82 Å². The Hall–Kier alpha value is -0.920. The van der Waals surface area contributed by atoms with Gasteiger partial charge < -0.3 is 10.3 Å². The molecule has 17 heavy (non-hydrogen) atoms. The van der Waals surface area contributed by atoms with Crippen LogP contribution in [0, 0.1) is 0 Å². The molecule has 0 bridgehead atoms. The van der Waals surface area contributed by atoms with Crippen LogP contribution >= 0.6 is 0 Å². The first-order valence-corrected chi connectivity index (χ1v) is 7.37. The van der Waals surface area contributed by atoms with Crippen molar-refractivity contribution in [2.75, 3.05) is 13.1 Å². The summed E-state index contributed by atoms with van der Waals surface area (Å²) in [4.78, 5) is 6.81. The van der Waals surface area contributed by atoms with Crippen LogP contribution in [0.4, 0.5) is 0 Å². The lowest BCUT2D eigenvalue weighted by Crippen LogP contribution is -2.45. The Morgan fingerprint density at radius 1 is 1.59 bits per heavy atom. The molecule has 1 fully saturated rings.